The highest BCUT2D eigenvalue weighted by atomic mass is 32.2. The number of rotatable bonds is 1. The van der Waals surface area contributed by atoms with Crippen LogP contribution >= 0.6 is 11.8 Å². The van der Waals surface area contributed by atoms with E-state index >= 15 is 0 Å². The smallest absolute Gasteiger partial charge is 0.228 e. The molecule has 84 valence electrons. The topological polar surface area (TPSA) is 20.3 Å². The van der Waals surface area contributed by atoms with E-state index in [1.54, 1.807) is 0 Å². The summed E-state index contributed by atoms with van der Waals surface area (Å²) in [6.45, 7) is 0. The van der Waals surface area contributed by atoms with Gasteiger partial charge in [0.15, 0.2) is 0 Å². The van der Waals surface area contributed by atoms with E-state index in [2.05, 4.69) is 18.2 Å². The molecule has 3 heteroatoms. The van der Waals surface area contributed by atoms with Crippen molar-refractivity contribution in [2.75, 3.05) is 10.7 Å². The van der Waals surface area contributed by atoms with Crippen LogP contribution in [0.2, 0.25) is 0 Å². The van der Waals surface area contributed by atoms with Gasteiger partial charge in [0.2, 0.25) is 5.91 Å². The second-order valence-electron chi connectivity index (χ2n) is 4.36. The van der Waals surface area contributed by atoms with Gasteiger partial charge < -0.3 is 0 Å². The average Bonchev–Trinajstić information content (AvgIpc) is 2.82. The molecule has 0 N–H and O–H groups in total. The summed E-state index contributed by atoms with van der Waals surface area (Å²) in [6, 6.07) is 8.33. The lowest BCUT2D eigenvalue weighted by Crippen LogP contribution is -2.40. The minimum Gasteiger partial charge on any atom is -0.300 e. The Morgan fingerprint density at radius 3 is 2.94 bits per heavy atom. The van der Waals surface area contributed by atoms with Crippen molar-refractivity contribution in [2.45, 2.75) is 31.1 Å². The molecule has 2 aliphatic heterocycles. The predicted octanol–water partition coefficient (Wildman–Crippen LogP) is 2.82. The maximum Gasteiger partial charge on any atom is 0.228 e. The van der Waals surface area contributed by atoms with E-state index in [1.807, 2.05) is 22.7 Å². The SMILES string of the molecule is O=C1CCc2ccccc2N1C1CCCS1. The zero-order valence-electron chi connectivity index (χ0n) is 9.19. The molecule has 0 radical (unpaired) electrons. The Labute approximate surface area is 100 Å². The molecule has 1 fully saturated rings. The minimum absolute atomic E-state index is 0.304. The Bertz CT molecular complexity index is 412. The first kappa shape index (κ1) is 10.2. The Balaban J connectivity index is 1.99. The average molecular weight is 233 g/mol. The standard InChI is InChI=1S/C13H15NOS/c15-12-8-7-10-4-1-2-5-11(10)14(12)13-6-3-9-16-13/h1-2,4-5,13H,3,6-9H2. The Kier molecular flexibility index (Phi) is 2.64. The quantitative estimate of drug-likeness (QED) is 0.743. The van der Waals surface area contributed by atoms with Crippen LogP contribution in [0.15, 0.2) is 24.3 Å². The molecule has 0 aliphatic carbocycles. The molecular weight excluding hydrogens is 218 g/mol. The number of aryl methyl sites for hydroxylation is 1. The van der Waals surface area contributed by atoms with Gasteiger partial charge in [-0.25, -0.2) is 0 Å². The fourth-order valence-corrected chi connectivity index (χ4v) is 3.85. The van der Waals surface area contributed by atoms with E-state index in [-0.39, 0.29) is 0 Å². The fraction of sp³-hybridized carbons (Fsp3) is 0.462. The van der Waals surface area contributed by atoms with Crippen LogP contribution in [0.4, 0.5) is 5.69 Å². The molecule has 1 aromatic carbocycles. The molecule has 0 saturated carbocycles. The van der Waals surface area contributed by atoms with E-state index in [1.165, 1.54) is 17.7 Å². The predicted molar refractivity (Wildman–Crippen MR) is 67.7 cm³/mol. The van der Waals surface area contributed by atoms with Gasteiger partial charge in [-0.1, -0.05) is 18.2 Å². The van der Waals surface area contributed by atoms with Crippen LogP contribution in [-0.2, 0) is 11.2 Å². The van der Waals surface area contributed by atoms with Crippen LogP contribution in [0.1, 0.15) is 24.8 Å². The molecule has 1 aromatic rings. The first-order valence-corrected chi connectivity index (χ1v) is 6.93. The molecule has 0 aromatic heterocycles. The third kappa shape index (κ3) is 1.63. The number of fused-ring (bicyclic) bond motifs is 1. The van der Waals surface area contributed by atoms with Gasteiger partial charge in [-0.3, -0.25) is 9.69 Å². The molecule has 16 heavy (non-hydrogen) atoms. The number of anilines is 1. The maximum atomic E-state index is 12.1. The lowest BCUT2D eigenvalue weighted by Gasteiger charge is -2.33. The van der Waals surface area contributed by atoms with Crippen molar-refractivity contribution >= 4 is 23.4 Å². The molecule has 0 spiro atoms. The third-order valence-electron chi connectivity index (χ3n) is 3.32. The number of amides is 1. The molecule has 3 rings (SSSR count). The van der Waals surface area contributed by atoms with Gasteiger partial charge in [0.05, 0.1) is 5.37 Å². The van der Waals surface area contributed by atoms with Crippen LogP contribution in [-0.4, -0.2) is 17.0 Å². The van der Waals surface area contributed by atoms with Crippen LogP contribution in [0.3, 0.4) is 0 Å². The molecule has 2 aliphatic rings. The van der Waals surface area contributed by atoms with Crippen LogP contribution in [0, 0.1) is 0 Å². The largest absolute Gasteiger partial charge is 0.300 e. The molecule has 1 atom stereocenters. The Morgan fingerprint density at radius 1 is 1.25 bits per heavy atom. The van der Waals surface area contributed by atoms with Crippen molar-refractivity contribution in [1.29, 1.82) is 0 Å². The summed E-state index contributed by atoms with van der Waals surface area (Å²) in [6.07, 6.45) is 3.96. The van der Waals surface area contributed by atoms with Crippen molar-refractivity contribution < 1.29 is 4.79 Å². The monoisotopic (exact) mass is 233 g/mol. The summed E-state index contributed by atoms with van der Waals surface area (Å²) in [5.41, 5.74) is 2.48. The normalized spacial score (nSPS) is 24.6. The molecule has 1 saturated heterocycles. The number of hydrogen-bond donors (Lipinski definition) is 0. The first-order valence-electron chi connectivity index (χ1n) is 5.88. The summed E-state index contributed by atoms with van der Waals surface area (Å²) in [7, 11) is 0. The maximum absolute atomic E-state index is 12.1. The summed E-state index contributed by atoms with van der Waals surface area (Å²) < 4.78 is 0. The van der Waals surface area contributed by atoms with Crippen LogP contribution in [0.25, 0.3) is 0 Å². The summed E-state index contributed by atoms with van der Waals surface area (Å²) in [5, 5.41) is 0.383. The molecule has 2 nitrogen and oxygen atoms in total. The van der Waals surface area contributed by atoms with Gasteiger partial charge in [0.1, 0.15) is 0 Å². The Hall–Kier alpha value is -0.960. The third-order valence-corrected chi connectivity index (χ3v) is 4.68. The van der Waals surface area contributed by atoms with Crippen LogP contribution in [0.5, 0.6) is 0 Å². The fourth-order valence-electron chi connectivity index (χ4n) is 2.53. The first-order chi connectivity index (χ1) is 7.86. The van der Waals surface area contributed by atoms with E-state index < -0.39 is 0 Å². The highest BCUT2D eigenvalue weighted by molar-refractivity contribution is 8.00. The lowest BCUT2D eigenvalue weighted by molar-refractivity contribution is -0.119. The van der Waals surface area contributed by atoms with Gasteiger partial charge in [-0.15, -0.1) is 11.8 Å². The molecule has 1 amide bonds. The van der Waals surface area contributed by atoms with Crippen molar-refractivity contribution in [3.8, 4) is 0 Å². The van der Waals surface area contributed by atoms with Gasteiger partial charge in [-0.2, -0.15) is 0 Å². The summed E-state index contributed by atoms with van der Waals surface area (Å²) in [5.74, 6) is 1.49. The lowest BCUT2D eigenvalue weighted by atomic mass is 10.0. The Morgan fingerprint density at radius 2 is 2.12 bits per heavy atom. The number of para-hydroxylation sites is 1. The number of carbonyl (C=O) groups excluding carboxylic acids is 1. The highest BCUT2D eigenvalue weighted by Gasteiger charge is 2.32. The number of benzene rings is 1. The number of hydrogen-bond acceptors (Lipinski definition) is 2. The van der Waals surface area contributed by atoms with Crippen molar-refractivity contribution in [3.63, 3.8) is 0 Å². The zero-order chi connectivity index (χ0) is 11.0. The number of carbonyl (C=O) groups is 1. The van der Waals surface area contributed by atoms with Gasteiger partial charge in [0.25, 0.3) is 0 Å². The van der Waals surface area contributed by atoms with Crippen molar-refractivity contribution in [3.05, 3.63) is 29.8 Å². The summed E-state index contributed by atoms with van der Waals surface area (Å²) >= 11 is 1.92. The van der Waals surface area contributed by atoms with Gasteiger partial charge in [-0.05, 0) is 36.6 Å². The molecular formula is C13H15NOS. The van der Waals surface area contributed by atoms with Crippen LogP contribution < -0.4 is 4.90 Å². The van der Waals surface area contributed by atoms with Gasteiger partial charge in [0, 0.05) is 12.1 Å². The molecule has 2 heterocycles. The van der Waals surface area contributed by atoms with Gasteiger partial charge >= 0.3 is 0 Å². The van der Waals surface area contributed by atoms with Crippen molar-refractivity contribution in [2.24, 2.45) is 0 Å². The van der Waals surface area contributed by atoms with E-state index in [4.69, 9.17) is 0 Å². The molecule has 0 bridgehead atoms. The highest BCUT2D eigenvalue weighted by Crippen LogP contribution is 2.37. The van der Waals surface area contributed by atoms with E-state index in [0.29, 0.717) is 17.7 Å². The molecule has 1 unspecified atom stereocenters. The second-order valence-corrected chi connectivity index (χ2v) is 5.65. The van der Waals surface area contributed by atoms with E-state index in [9.17, 15) is 4.79 Å². The summed E-state index contributed by atoms with van der Waals surface area (Å²) in [4.78, 5) is 14.1. The van der Waals surface area contributed by atoms with Crippen molar-refractivity contribution in [1.82, 2.24) is 0 Å². The number of nitrogens with zero attached hydrogens (tertiary/aromatic N) is 1. The number of thioether (sulfide) groups is 1. The second kappa shape index (κ2) is 4.13. The minimum atomic E-state index is 0.304. The zero-order valence-corrected chi connectivity index (χ0v) is 10.0. The van der Waals surface area contributed by atoms with E-state index in [0.717, 1.165) is 18.5 Å².